The zero-order chi connectivity index (χ0) is 10.8. The predicted octanol–water partition coefficient (Wildman–Crippen LogP) is 1.21. The van der Waals surface area contributed by atoms with Crippen molar-refractivity contribution in [3.8, 4) is 6.07 Å². The Labute approximate surface area is 89.0 Å². The van der Waals surface area contributed by atoms with Gasteiger partial charge in [0.15, 0.2) is 0 Å². The summed E-state index contributed by atoms with van der Waals surface area (Å²) in [6, 6.07) is 2.49. The van der Waals surface area contributed by atoms with Gasteiger partial charge in [0.1, 0.15) is 6.07 Å². The van der Waals surface area contributed by atoms with Crippen molar-refractivity contribution < 1.29 is 0 Å². The Balaban J connectivity index is 2.41. The van der Waals surface area contributed by atoms with Crippen LogP contribution in [0.3, 0.4) is 0 Å². The van der Waals surface area contributed by atoms with E-state index in [0.717, 1.165) is 30.5 Å². The van der Waals surface area contributed by atoms with Crippen LogP contribution in [0.2, 0.25) is 0 Å². The molecule has 0 radical (unpaired) electrons. The fraction of sp³-hybridized carbons (Fsp3) is 0.455. The predicted molar refractivity (Wildman–Crippen MR) is 57.6 cm³/mol. The van der Waals surface area contributed by atoms with Crippen LogP contribution in [0, 0.1) is 11.3 Å². The summed E-state index contributed by atoms with van der Waals surface area (Å²) in [5.41, 5.74) is 8.66. The lowest BCUT2D eigenvalue weighted by Crippen LogP contribution is -2.13. The molecule has 15 heavy (non-hydrogen) atoms. The topological polar surface area (TPSA) is 67.6 Å². The molecule has 2 rings (SSSR count). The highest BCUT2D eigenvalue weighted by atomic mass is 15.0. The Kier molecular flexibility index (Phi) is 2.57. The number of hydrogen-bond donors (Lipinski definition) is 1. The number of nitrogens with two attached hydrogens (primary N) is 1. The van der Waals surface area contributed by atoms with Gasteiger partial charge in [-0.05, 0) is 24.8 Å². The molecule has 78 valence electrons. The summed E-state index contributed by atoms with van der Waals surface area (Å²) in [5.74, 6) is 0. The first-order chi connectivity index (χ1) is 7.22. The van der Waals surface area contributed by atoms with Crippen LogP contribution < -0.4 is 5.73 Å². The highest BCUT2D eigenvalue weighted by Gasteiger charge is 2.20. The smallest absolute Gasteiger partial charge is 0.101 e. The maximum atomic E-state index is 9.18. The first-order valence-electron chi connectivity index (χ1n) is 5.06. The molecule has 1 aliphatic carbocycles. The number of nitrogens with zero attached hydrogens (tertiary/aromatic N) is 3. The summed E-state index contributed by atoms with van der Waals surface area (Å²) in [7, 11) is 1.90. The van der Waals surface area contributed by atoms with Crippen molar-refractivity contribution in [2.75, 3.05) is 0 Å². The van der Waals surface area contributed by atoms with E-state index < -0.39 is 0 Å². The number of aryl methyl sites for hydroxylation is 1. The van der Waals surface area contributed by atoms with Crippen molar-refractivity contribution in [2.24, 2.45) is 12.8 Å². The van der Waals surface area contributed by atoms with Gasteiger partial charge in [-0.15, -0.1) is 0 Å². The standard InChI is InChI=1S/C11H14N4/c1-15-7-14-6-11(15)10(5-12)8-2-3-9(13)4-8/h6-7,9H,2-4,13H2,1H3. The molecular weight excluding hydrogens is 188 g/mol. The normalized spacial score (nSPS) is 23.9. The largest absolute Gasteiger partial charge is 0.333 e. The van der Waals surface area contributed by atoms with Crippen molar-refractivity contribution in [1.82, 2.24) is 9.55 Å². The quantitative estimate of drug-likeness (QED) is 0.696. The lowest BCUT2D eigenvalue weighted by atomic mass is 10.1. The molecule has 1 aromatic heterocycles. The molecule has 1 unspecified atom stereocenters. The van der Waals surface area contributed by atoms with Crippen LogP contribution in [0.4, 0.5) is 0 Å². The van der Waals surface area contributed by atoms with Crippen LogP contribution >= 0.6 is 0 Å². The molecule has 0 aliphatic heterocycles. The molecule has 0 saturated heterocycles. The van der Waals surface area contributed by atoms with Crippen LogP contribution in [-0.4, -0.2) is 15.6 Å². The van der Waals surface area contributed by atoms with Crippen molar-refractivity contribution in [1.29, 1.82) is 5.26 Å². The molecule has 1 fully saturated rings. The molecule has 1 aromatic rings. The Morgan fingerprint density at radius 3 is 3.00 bits per heavy atom. The van der Waals surface area contributed by atoms with Gasteiger partial charge in [0, 0.05) is 13.1 Å². The van der Waals surface area contributed by atoms with Crippen LogP contribution in [-0.2, 0) is 7.05 Å². The first kappa shape index (κ1) is 9.94. The van der Waals surface area contributed by atoms with Crippen LogP contribution in [0.1, 0.15) is 25.0 Å². The fourth-order valence-corrected chi connectivity index (χ4v) is 2.02. The van der Waals surface area contributed by atoms with Crippen molar-refractivity contribution in [3.05, 3.63) is 23.8 Å². The van der Waals surface area contributed by atoms with E-state index in [0.29, 0.717) is 0 Å². The minimum atomic E-state index is 0.219. The van der Waals surface area contributed by atoms with Crippen LogP contribution in [0.15, 0.2) is 18.1 Å². The van der Waals surface area contributed by atoms with E-state index in [1.165, 1.54) is 5.57 Å². The molecule has 1 atom stereocenters. The number of rotatable bonds is 1. The summed E-state index contributed by atoms with van der Waals surface area (Å²) in [5, 5.41) is 9.18. The number of hydrogen-bond acceptors (Lipinski definition) is 3. The van der Waals surface area contributed by atoms with Gasteiger partial charge in [0.05, 0.1) is 23.8 Å². The third kappa shape index (κ3) is 1.79. The summed E-state index contributed by atoms with van der Waals surface area (Å²) < 4.78 is 1.87. The third-order valence-electron chi connectivity index (χ3n) is 2.86. The van der Waals surface area contributed by atoms with Crippen LogP contribution in [0.5, 0.6) is 0 Å². The van der Waals surface area contributed by atoms with Gasteiger partial charge < -0.3 is 10.3 Å². The first-order valence-corrected chi connectivity index (χ1v) is 5.06. The average molecular weight is 202 g/mol. The molecule has 2 N–H and O–H groups in total. The van der Waals surface area contributed by atoms with E-state index in [9.17, 15) is 5.26 Å². The summed E-state index contributed by atoms with van der Waals surface area (Å²) in [4.78, 5) is 4.03. The van der Waals surface area contributed by atoms with E-state index >= 15 is 0 Å². The highest BCUT2D eigenvalue weighted by Crippen LogP contribution is 2.30. The molecule has 0 spiro atoms. The minimum Gasteiger partial charge on any atom is -0.333 e. The highest BCUT2D eigenvalue weighted by molar-refractivity contribution is 5.77. The fourth-order valence-electron chi connectivity index (χ4n) is 2.02. The zero-order valence-electron chi connectivity index (χ0n) is 8.77. The van der Waals surface area contributed by atoms with Gasteiger partial charge in [-0.2, -0.15) is 5.26 Å². The molecule has 1 aliphatic rings. The molecule has 0 bridgehead atoms. The Bertz CT molecular complexity index is 436. The molecule has 4 nitrogen and oxygen atoms in total. The van der Waals surface area contributed by atoms with E-state index in [4.69, 9.17) is 5.73 Å². The monoisotopic (exact) mass is 202 g/mol. The van der Waals surface area contributed by atoms with Gasteiger partial charge in [-0.1, -0.05) is 0 Å². The average Bonchev–Trinajstić information content (AvgIpc) is 2.79. The van der Waals surface area contributed by atoms with Crippen LogP contribution in [0.25, 0.3) is 5.57 Å². The number of allylic oxidation sites excluding steroid dienone is 1. The van der Waals surface area contributed by atoms with E-state index in [-0.39, 0.29) is 6.04 Å². The van der Waals surface area contributed by atoms with Gasteiger partial charge in [-0.25, -0.2) is 4.98 Å². The van der Waals surface area contributed by atoms with Crippen molar-refractivity contribution >= 4 is 5.57 Å². The van der Waals surface area contributed by atoms with Gasteiger partial charge >= 0.3 is 0 Å². The lowest BCUT2D eigenvalue weighted by molar-refractivity contribution is 0.711. The summed E-state index contributed by atoms with van der Waals surface area (Å²) >= 11 is 0. The van der Waals surface area contributed by atoms with E-state index in [1.807, 2.05) is 11.6 Å². The second-order valence-corrected chi connectivity index (χ2v) is 3.98. The molecular formula is C11H14N4. The zero-order valence-corrected chi connectivity index (χ0v) is 8.77. The SMILES string of the molecule is Cn1cncc1C(C#N)=C1CCC(N)C1. The Hall–Kier alpha value is -1.60. The van der Waals surface area contributed by atoms with Gasteiger partial charge in [0.25, 0.3) is 0 Å². The Morgan fingerprint density at radius 2 is 2.53 bits per heavy atom. The maximum absolute atomic E-state index is 9.18. The number of imidazole rings is 1. The minimum absolute atomic E-state index is 0.219. The molecule has 0 amide bonds. The van der Waals surface area contributed by atoms with E-state index in [2.05, 4.69) is 11.1 Å². The van der Waals surface area contributed by atoms with Gasteiger partial charge in [0.2, 0.25) is 0 Å². The summed E-state index contributed by atoms with van der Waals surface area (Å²) in [6.07, 6.45) is 6.21. The summed E-state index contributed by atoms with van der Waals surface area (Å²) in [6.45, 7) is 0. The van der Waals surface area contributed by atoms with Crippen molar-refractivity contribution in [2.45, 2.75) is 25.3 Å². The van der Waals surface area contributed by atoms with Crippen molar-refractivity contribution in [3.63, 3.8) is 0 Å². The Morgan fingerprint density at radius 1 is 1.73 bits per heavy atom. The molecule has 0 aromatic carbocycles. The number of aromatic nitrogens is 2. The molecule has 4 heteroatoms. The van der Waals surface area contributed by atoms with E-state index in [1.54, 1.807) is 12.5 Å². The maximum Gasteiger partial charge on any atom is 0.101 e. The second kappa shape index (κ2) is 3.87. The molecule has 1 saturated carbocycles. The van der Waals surface area contributed by atoms with Gasteiger partial charge in [-0.3, -0.25) is 0 Å². The second-order valence-electron chi connectivity index (χ2n) is 3.98. The third-order valence-corrected chi connectivity index (χ3v) is 2.86. The molecule has 1 heterocycles. The number of nitriles is 1. The lowest BCUT2D eigenvalue weighted by Gasteiger charge is -2.04.